The van der Waals surface area contributed by atoms with Crippen molar-refractivity contribution in [2.45, 2.75) is 52.6 Å². The summed E-state index contributed by atoms with van der Waals surface area (Å²) in [4.78, 5) is 38.7. The van der Waals surface area contributed by atoms with Crippen molar-refractivity contribution in [3.63, 3.8) is 0 Å². The number of imide groups is 1. The molecule has 0 aromatic rings. The Hall–Kier alpha value is -1.88. The molecule has 1 N–H and O–H groups in total. The quantitative estimate of drug-likeness (QED) is 0.731. The predicted octanol–water partition coefficient (Wildman–Crippen LogP) is 1.67. The first kappa shape index (κ1) is 20.4. The summed E-state index contributed by atoms with van der Waals surface area (Å²) in [5.74, 6) is 0.311. The summed E-state index contributed by atoms with van der Waals surface area (Å²) in [6.07, 6.45) is -0.984. The minimum Gasteiger partial charge on any atom is -0.447 e. The van der Waals surface area contributed by atoms with Gasteiger partial charge in [-0.05, 0) is 24.7 Å². The van der Waals surface area contributed by atoms with Gasteiger partial charge >= 0.3 is 27.4 Å². The maximum absolute atomic E-state index is 12.5. The Morgan fingerprint density at radius 3 is 2.12 bits per heavy atom. The molecule has 2 saturated heterocycles. The third kappa shape index (κ3) is 4.44. The topological polar surface area (TPSA) is 122 Å². The molecule has 0 radical (unpaired) electrons. The van der Waals surface area contributed by atoms with Gasteiger partial charge in [0.25, 0.3) is 0 Å². The van der Waals surface area contributed by atoms with Gasteiger partial charge in [0, 0.05) is 0 Å². The number of nitrogens with one attached hydrogen (secondary N) is 1. The molecule has 0 aliphatic carbocycles. The van der Waals surface area contributed by atoms with Crippen LogP contribution in [0.25, 0.3) is 0 Å². The molecule has 26 heavy (non-hydrogen) atoms. The van der Waals surface area contributed by atoms with Crippen molar-refractivity contribution >= 4 is 27.4 Å². The standard InChI is InChI=1S/C15H25N3O7S/c1-9(2)5-11-7-24-13(19)17(11)15(21)26(22,23)16-18-12(6-10(3)4)8-25-14(18)20/h9-12,16H,5-8H2,1-4H3/t11-,12-/m0/s1. The zero-order valence-corrected chi connectivity index (χ0v) is 16.1. The molecule has 2 fully saturated rings. The molecule has 3 amide bonds. The van der Waals surface area contributed by atoms with Crippen LogP contribution in [0.5, 0.6) is 0 Å². The second kappa shape index (κ2) is 7.78. The number of rotatable bonds is 6. The van der Waals surface area contributed by atoms with Crippen molar-refractivity contribution in [2.24, 2.45) is 11.8 Å². The van der Waals surface area contributed by atoms with Gasteiger partial charge < -0.3 is 9.47 Å². The molecule has 0 aromatic carbocycles. The van der Waals surface area contributed by atoms with E-state index in [1.165, 1.54) is 0 Å². The SMILES string of the molecule is CC(C)C[C@H]1COC(=O)N1NS(=O)(=O)C(=O)N1C(=O)OC[C@@H]1CC(C)C. The number of cyclic esters (lactones) is 2. The Labute approximate surface area is 152 Å². The molecule has 2 aliphatic rings. The molecule has 0 bridgehead atoms. The van der Waals surface area contributed by atoms with Crippen LogP contribution in [0.3, 0.4) is 0 Å². The van der Waals surface area contributed by atoms with Gasteiger partial charge in [-0.25, -0.2) is 27.9 Å². The van der Waals surface area contributed by atoms with Gasteiger partial charge in [-0.15, -0.1) is 4.83 Å². The molecular formula is C15H25N3O7S. The number of carbonyl (C=O) groups excluding carboxylic acids is 3. The van der Waals surface area contributed by atoms with Crippen LogP contribution in [0.4, 0.5) is 14.4 Å². The minimum atomic E-state index is -4.67. The largest absolute Gasteiger partial charge is 0.447 e. The summed E-state index contributed by atoms with van der Waals surface area (Å²) in [6.45, 7) is 7.56. The number of ether oxygens (including phenoxy) is 2. The molecule has 0 spiro atoms. The molecule has 11 heteroatoms. The van der Waals surface area contributed by atoms with Crippen molar-refractivity contribution in [3.8, 4) is 0 Å². The van der Waals surface area contributed by atoms with Crippen LogP contribution in [0.1, 0.15) is 40.5 Å². The number of hydrogen-bond acceptors (Lipinski definition) is 7. The predicted molar refractivity (Wildman–Crippen MR) is 90.3 cm³/mol. The molecule has 10 nitrogen and oxygen atoms in total. The number of carbonyl (C=O) groups is 3. The molecule has 2 rings (SSSR count). The number of nitrogens with zero attached hydrogens (tertiary/aromatic N) is 2. The van der Waals surface area contributed by atoms with Crippen LogP contribution in [0.2, 0.25) is 0 Å². The van der Waals surface area contributed by atoms with Crippen LogP contribution in [-0.2, 0) is 19.5 Å². The van der Waals surface area contributed by atoms with E-state index in [1.54, 1.807) is 0 Å². The van der Waals surface area contributed by atoms with E-state index in [-0.39, 0.29) is 25.0 Å². The van der Waals surface area contributed by atoms with E-state index in [0.29, 0.717) is 17.7 Å². The highest BCUT2D eigenvalue weighted by Crippen LogP contribution is 2.23. The first-order chi connectivity index (χ1) is 12.0. The number of sulfonamides is 1. The molecule has 0 saturated carbocycles. The summed E-state index contributed by atoms with van der Waals surface area (Å²) in [5.41, 5.74) is 0. The second-order valence-electron chi connectivity index (χ2n) is 7.32. The Kier molecular flexibility index (Phi) is 6.12. The average Bonchev–Trinajstić information content (AvgIpc) is 3.02. The van der Waals surface area contributed by atoms with Crippen LogP contribution in [-0.4, -0.2) is 61.0 Å². The lowest BCUT2D eigenvalue weighted by molar-refractivity contribution is 0.151. The van der Waals surface area contributed by atoms with Gasteiger partial charge in [0.2, 0.25) is 0 Å². The highest BCUT2D eigenvalue weighted by atomic mass is 32.2. The first-order valence-corrected chi connectivity index (χ1v) is 9.99. The number of hydrogen-bond donors (Lipinski definition) is 1. The third-order valence-electron chi connectivity index (χ3n) is 4.05. The Balaban J connectivity index is 2.16. The number of hydrazine groups is 1. The van der Waals surface area contributed by atoms with Crippen molar-refractivity contribution < 1.29 is 32.3 Å². The van der Waals surface area contributed by atoms with E-state index in [9.17, 15) is 22.8 Å². The fourth-order valence-electron chi connectivity index (χ4n) is 2.99. The smallest absolute Gasteiger partial charge is 0.425 e. The lowest BCUT2D eigenvalue weighted by Crippen LogP contribution is -2.54. The van der Waals surface area contributed by atoms with Gasteiger partial charge in [-0.3, -0.25) is 4.79 Å². The monoisotopic (exact) mass is 391 g/mol. The van der Waals surface area contributed by atoms with Crippen LogP contribution < -0.4 is 4.83 Å². The summed E-state index contributed by atoms with van der Waals surface area (Å²) < 4.78 is 34.6. The second-order valence-corrected chi connectivity index (χ2v) is 8.86. The van der Waals surface area contributed by atoms with Gasteiger partial charge in [0.15, 0.2) is 0 Å². The summed E-state index contributed by atoms with van der Waals surface area (Å²) in [6, 6.07) is -1.19. The van der Waals surface area contributed by atoms with E-state index in [2.05, 4.69) is 0 Å². The van der Waals surface area contributed by atoms with Crippen molar-refractivity contribution in [2.75, 3.05) is 13.2 Å². The molecule has 2 heterocycles. The minimum absolute atomic E-state index is 0.0233. The normalized spacial score (nSPS) is 23.8. The maximum Gasteiger partial charge on any atom is 0.425 e. The zero-order chi connectivity index (χ0) is 19.6. The van der Waals surface area contributed by atoms with E-state index >= 15 is 0 Å². The Morgan fingerprint density at radius 2 is 1.54 bits per heavy atom. The molecule has 2 atom stereocenters. The lowest BCUT2D eigenvalue weighted by Gasteiger charge is -2.25. The average molecular weight is 391 g/mol. The van der Waals surface area contributed by atoms with Crippen molar-refractivity contribution in [3.05, 3.63) is 0 Å². The van der Waals surface area contributed by atoms with E-state index in [0.717, 1.165) is 5.01 Å². The molecule has 0 aromatic heterocycles. The Bertz CT molecular complexity index is 677. The molecule has 2 aliphatic heterocycles. The van der Waals surface area contributed by atoms with Crippen molar-refractivity contribution in [1.82, 2.24) is 14.7 Å². The fourth-order valence-corrected chi connectivity index (χ4v) is 4.03. The highest BCUT2D eigenvalue weighted by molar-refractivity contribution is 8.04. The van der Waals surface area contributed by atoms with E-state index in [4.69, 9.17) is 9.47 Å². The van der Waals surface area contributed by atoms with Crippen LogP contribution in [0, 0.1) is 11.8 Å². The lowest BCUT2D eigenvalue weighted by atomic mass is 10.0. The highest BCUT2D eigenvalue weighted by Gasteiger charge is 2.46. The summed E-state index contributed by atoms with van der Waals surface area (Å²) >= 11 is 0. The summed E-state index contributed by atoms with van der Waals surface area (Å²) in [5, 5.41) is -0.639. The number of amides is 3. The van der Waals surface area contributed by atoms with Crippen molar-refractivity contribution in [1.29, 1.82) is 0 Å². The van der Waals surface area contributed by atoms with Gasteiger partial charge in [0.1, 0.15) is 13.2 Å². The first-order valence-electron chi connectivity index (χ1n) is 8.51. The third-order valence-corrected chi connectivity index (χ3v) is 5.15. The fraction of sp³-hybridized carbons (Fsp3) is 0.800. The van der Waals surface area contributed by atoms with Gasteiger partial charge in [-0.1, -0.05) is 27.7 Å². The molecule has 148 valence electrons. The maximum atomic E-state index is 12.5. The van der Waals surface area contributed by atoms with Crippen LogP contribution in [0.15, 0.2) is 0 Å². The van der Waals surface area contributed by atoms with Crippen LogP contribution >= 0.6 is 0 Å². The molecular weight excluding hydrogens is 366 g/mol. The van der Waals surface area contributed by atoms with Gasteiger partial charge in [-0.2, -0.15) is 0 Å². The Morgan fingerprint density at radius 1 is 1.04 bits per heavy atom. The van der Waals surface area contributed by atoms with Gasteiger partial charge in [0.05, 0.1) is 12.1 Å². The molecule has 0 unspecified atom stereocenters. The van der Waals surface area contributed by atoms with E-state index < -0.39 is 39.5 Å². The summed E-state index contributed by atoms with van der Waals surface area (Å²) in [7, 11) is -4.67. The van der Waals surface area contributed by atoms with E-state index in [1.807, 2.05) is 32.5 Å². The zero-order valence-electron chi connectivity index (χ0n) is 15.3.